The highest BCUT2D eigenvalue weighted by Crippen LogP contribution is 2.28. The molecule has 3 aromatic carbocycles. The fraction of sp³-hybridized carbons (Fsp3) is 0.0909. The molecule has 0 aliphatic rings. The second-order valence-corrected chi connectivity index (χ2v) is 6.22. The lowest BCUT2D eigenvalue weighted by atomic mass is 10.1. The molecule has 134 valence electrons. The summed E-state index contributed by atoms with van der Waals surface area (Å²) in [5.74, 6) is -0.622. The molecular weight excluding hydrogens is 343 g/mol. The second-order valence-electron chi connectivity index (χ2n) is 6.22. The highest BCUT2D eigenvalue weighted by molar-refractivity contribution is 5.94. The van der Waals surface area contributed by atoms with Gasteiger partial charge >= 0.3 is 5.97 Å². The molecular formula is C22H17FN2O2. The maximum absolute atomic E-state index is 13.2. The van der Waals surface area contributed by atoms with E-state index in [1.165, 1.54) is 19.2 Å². The minimum absolute atomic E-state index is 0.254. The molecule has 5 heteroatoms. The highest BCUT2D eigenvalue weighted by atomic mass is 19.1. The van der Waals surface area contributed by atoms with Crippen molar-refractivity contribution in [2.24, 2.45) is 0 Å². The van der Waals surface area contributed by atoms with Gasteiger partial charge in [-0.1, -0.05) is 42.5 Å². The second kappa shape index (κ2) is 7.03. The molecule has 1 aromatic heterocycles. The highest BCUT2D eigenvalue weighted by Gasteiger charge is 2.13. The average Bonchev–Trinajstić information content (AvgIpc) is 3.08. The molecule has 0 spiro atoms. The van der Waals surface area contributed by atoms with Gasteiger partial charge in [-0.2, -0.15) is 5.10 Å². The van der Waals surface area contributed by atoms with Crippen molar-refractivity contribution in [3.05, 3.63) is 89.7 Å². The van der Waals surface area contributed by atoms with Crippen molar-refractivity contribution in [3.8, 4) is 11.3 Å². The molecule has 27 heavy (non-hydrogen) atoms. The van der Waals surface area contributed by atoms with Gasteiger partial charge in [-0.3, -0.25) is 4.68 Å². The number of fused-ring (bicyclic) bond motifs is 1. The number of aromatic nitrogens is 2. The van der Waals surface area contributed by atoms with E-state index in [2.05, 4.69) is 0 Å². The Balaban J connectivity index is 1.75. The fourth-order valence-corrected chi connectivity index (χ4v) is 3.11. The molecule has 4 nitrogen and oxygen atoms in total. The number of benzene rings is 3. The predicted octanol–water partition coefficient (Wildman–Crippen LogP) is 4.68. The molecule has 4 rings (SSSR count). The summed E-state index contributed by atoms with van der Waals surface area (Å²) in [6, 6.07) is 21.6. The van der Waals surface area contributed by atoms with Crippen molar-refractivity contribution in [2.45, 2.75) is 6.54 Å². The minimum atomic E-state index is -0.367. The first-order chi connectivity index (χ1) is 13.2. The van der Waals surface area contributed by atoms with Gasteiger partial charge in [-0.05, 0) is 35.9 Å². The van der Waals surface area contributed by atoms with Crippen LogP contribution in [-0.4, -0.2) is 22.9 Å². The summed E-state index contributed by atoms with van der Waals surface area (Å²) >= 11 is 0. The smallest absolute Gasteiger partial charge is 0.337 e. The Labute approximate surface area is 155 Å². The van der Waals surface area contributed by atoms with Crippen LogP contribution in [0.25, 0.3) is 22.2 Å². The number of esters is 1. The number of hydrogen-bond donors (Lipinski definition) is 0. The molecule has 0 bridgehead atoms. The summed E-state index contributed by atoms with van der Waals surface area (Å²) in [5, 5.41) is 5.80. The zero-order valence-corrected chi connectivity index (χ0v) is 14.7. The molecule has 0 saturated heterocycles. The van der Waals surface area contributed by atoms with Crippen LogP contribution in [0.15, 0.2) is 72.8 Å². The van der Waals surface area contributed by atoms with E-state index in [-0.39, 0.29) is 11.8 Å². The molecule has 0 N–H and O–H groups in total. The van der Waals surface area contributed by atoms with Crippen LogP contribution in [0.4, 0.5) is 4.39 Å². The van der Waals surface area contributed by atoms with E-state index >= 15 is 0 Å². The molecule has 0 fully saturated rings. The Morgan fingerprint density at radius 3 is 2.41 bits per heavy atom. The monoisotopic (exact) mass is 360 g/mol. The number of para-hydroxylation sites is 1. The van der Waals surface area contributed by atoms with Gasteiger partial charge in [0.15, 0.2) is 0 Å². The van der Waals surface area contributed by atoms with E-state index in [4.69, 9.17) is 9.84 Å². The van der Waals surface area contributed by atoms with Crippen LogP contribution in [0.3, 0.4) is 0 Å². The zero-order valence-electron chi connectivity index (χ0n) is 14.7. The van der Waals surface area contributed by atoms with Crippen LogP contribution in [0, 0.1) is 5.82 Å². The van der Waals surface area contributed by atoms with E-state index in [1.807, 2.05) is 41.1 Å². The number of carbonyl (C=O) groups excluding carboxylic acids is 1. The van der Waals surface area contributed by atoms with Crippen LogP contribution in [-0.2, 0) is 11.3 Å². The summed E-state index contributed by atoms with van der Waals surface area (Å²) in [6.45, 7) is 0.543. The quantitative estimate of drug-likeness (QED) is 0.497. The van der Waals surface area contributed by atoms with Gasteiger partial charge < -0.3 is 4.74 Å². The summed E-state index contributed by atoms with van der Waals surface area (Å²) < 4.78 is 19.8. The van der Waals surface area contributed by atoms with Crippen LogP contribution in [0.2, 0.25) is 0 Å². The standard InChI is InChI=1S/C22H17FN2O2/c1-27-22(26)17-10-8-16(9-11-17)21-19-4-2-3-5-20(19)25(24-21)14-15-6-12-18(23)13-7-15/h2-13H,14H2,1H3. The van der Waals surface area contributed by atoms with E-state index in [0.717, 1.165) is 27.7 Å². The molecule has 0 radical (unpaired) electrons. The van der Waals surface area contributed by atoms with E-state index < -0.39 is 0 Å². The van der Waals surface area contributed by atoms with Crippen LogP contribution in [0.5, 0.6) is 0 Å². The zero-order chi connectivity index (χ0) is 18.8. The predicted molar refractivity (Wildman–Crippen MR) is 102 cm³/mol. The topological polar surface area (TPSA) is 44.1 Å². The Bertz CT molecular complexity index is 1100. The van der Waals surface area contributed by atoms with Gasteiger partial charge in [0.2, 0.25) is 0 Å². The normalized spacial score (nSPS) is 10.9. The van der Waals surface area contributed by atoms with Crippen molar-refractivity contribution in [1.82, 2.24) is 9.78 Å². The third kappa shape index (κ3) is 3.31. The number of nitrogens with zero attached hydrogens (tertiary/aromatic N) is 2. The maximum Gasteiger partial charge on any atom is 0.337 e. The Kier molecular flexibility index (Phi) is 4.42. The fourth-order valence-electron chi connectivity index (χ4n) is 3.11. The van der Waals surface area contributed by atoms with Crippen LogP contribution < -0.4 is 0 Å². The minimum Gasteiger partial charge on any atom is -0.465 e. The lowest BCUT2D eigenvalue weighted by Crippen LogP contribution is -2.02. The van der Waals surface area contributed by atoms with Gasteiger partial charge in [0, 0.05) is 10.9 Å². The lowest BCUT2D eigenvalue weighted by Gasteiger charge is -2.04. The summed E-state index contributed by atoms with van der Waals surface area (Å²) in [6.07, 6.45) is 0. The van der Waals surface area contributed by atoms with Crippen molar-refractivity contribution in [1.29, 1.82) is 0 Å². The van der Waals surface area contributed by atoms with E-state index in [0.29, 0.717) is 12.1 Å². The lowest BCUT2D eigenvalue weighted by molar-refractivity contribution is 0.0601. The third-order valence-corrected chi connectivity index (χ3v) is 4.48. The van der Waals surface area contributed by atoms with Gasteiger partial charge in [0.05, 0.1) is 24.7 Å². The van der Waals surface area contributed by atoms with E-state index in [9.17, 15) is 9.18 Å². The number of carbonyl (C=O) groups is 1. The first-order valence-electron chi connectivity index (χ1n) is 8.54. The first-order valence-corrected chi connectivity index (χ1v) is 8.54. The molecule has 0 amide bonds. The van der Waals surface area contributed by atoms with Crippen molar-refractivity contribution < 1.29 is 13.9 Å². The van der Waals surface area contributed by atoms with Crippen LogP contribution in [0.1, 0.15) is 15.9 Å². The number of halogens is 1. The van der Waals surface area contributed by atoms with Gasteiger partial charge in [0.25, 0.3) is 0 Å². The summed E-state index contributed by atoms with van der Waals surface area (Å²) in [5.41, 5.74) is 4.21. The third-order valence-electron chi connectivity index (χ3n) is 4.48. The number of hydrogen-bond acceptors (Lipinski definition) is 3. The molecule has 0 saturated carbocycles. The Morgan fingerprint density at radius 1 is 1.00 bits per heavy atom. The van der Waals surface area contributed by atoms with Crippen LogP contribution >= 0.6 is 0 Å². The van der Waals surface area contributed by atoms with Gasteiger partial charge in [-0.15, -0.1) is 0 Å². The molecule has 0 unspecified atom stereocenters. The number of rotatable bonds is 4. The van der Waals surface area contributed by atoms with Gasteiger partial charge in [-0.25, -0.2) is 9.18 Å². The molecule has 4 aromatic rings. The SMILES string of the molecule is COC(=O)c1ccc(-c2nn(Cc3ccc(F)cc3)c3ccccc23)cc1. The molecule has 1 heterocycles. The Morgan fingerprint density at radius 2 is 1.70 bits per heavy atom. The Hall–Kier alpha value is -3.47. The van der Waals surface area contributed by atoms with Crippen molar-refractivity contribution >= 4 is 16.9 Å². The van der Waals surface area contributed by atoms with Crippen molar-refractivity contribution in [2.75, 3.05) is 7.11 Å². The molecule has 0 atom stereocenters. The number of methoxy groups -OCH3 is 1. The summed E-state index contributed by atoms with van der Waals surface area (Å²) in [4.78, 5) is 11.6. The van der Waals surface area contributed by atoms with Gasteiger partial charge in [0.1, 0.15) is 11.5 Å². The largest absolute Gasteiger partial charge is 0.465 e. The number of ether oxygens (including phenoxy) is 1. The van der Waals surface area contributed by atoms with E-state index in [1.54, 1.807) is 24.3 Å². The maximum atomic E-state index is 13.2. The van der Waals surface area contributed by atoms with Crippen molar-refractivity contribution in [3.63, 3.8) is 0 Å². The summed E-state index contributed by atoms with van der Waals surface area (Å²) in [7, 11) is 1.36. The molecule has 0 aliphatic heterocycles. The first kappa shape index (κ1) is 17.0. The average molecular weight is 360 g/mol. The molecule has 0 aliphatic carbocycles.